The monoisotopic (exact) mass is 281 g/mol. The van der Waals surface area contributed by atoms with Gasteiger partial charge in [0.05, 0.1) is 5.75 Å². The molecule has 0 aliphatic rings. The predicted octanol–water partition coefficient (Wildman–Crippen LogP) is 1.25. The summed E-state index contributed by atoms with van der Waals surface area (Å²) < 4.78 is 25.9. The smallest absolute Gasteiger partial charge is 0.211 e. The van der Waals surface area contributed by atoms with Crippen LogP contribution in [-0.4, -0.2) is 25.9 Å². The number of unbranched alkanes of at least 4 members (excludes halogenated alkanes) is 1. The van der Waals surface area contributed by atoms with Gasteiger partial charge >= 0.3 is 0 Å². The van der Waals surface area contributed by atoms with Crippen molar-refractivity contribution in [3.63, 3.8) is 0 Å². The Labute approximate surface area is 114 Å². The Morgan fingerprint density at radius 2 is 2.16 bits per heavy atom. The molecular weight excluding hydrogens is 262 g/mol. The SMILES string of the molecule is CCCCS(=O)(=O)NCc1cccc(C#CCO)c1. The molecule has 1 aromatic carbocycles. The minimum Gasteiger partial charge on any atom is -0.384 e. The van der Waals surface area contributed by atoms with E-state index >= 15 is 0 Å². The van der Waals surface area contributed by atoms with E-state index in [1.165, 1.54) is 0 Å². The normalized spacial score (nSPS) is 10.8. The molecule has 0 bridgehead atoms. The van der Waals surface area contributed by atoms with Crippen molar-refractivity contribution < 1.29 is 13.5 Å². The van der Waals surface area contributed by atoms with Crippen LogP contribution in [0.3, 0.4) is 0 Å². The molecule has 5 heteroatoms. The fraction of sp³-hybridized carbons (Fsp3) is 0.429. The van der Waals surface area contributed by atoms with Crippen LogP contribution < -0.4 is 4.72 Å². The lowest BCUT2D eigenvalue weighted by atomic mass is 10.1. The predicted molar refractivity (Wildman–Crippen MR) is 75.9 cm³/mol. The first kappa shape index (κ1) is 15.7. The van der Waals surface area contributed by atoms with Gasteiger partial charge < -0.3 is 5.11 Å². The molecule has 0 unspecified atom stereocenters. The van der Waals surface area contributed by atoms with Crippen molar-refractivity contribution in [2.45, 2.75) is 26.3 Å². The number of rotatable bonds is 6. The molecule has 0 radical (unpaired) electrons. The van der Waals surface area contributed by atoms with Crippen LogP contribution in [0, 0.1) is 11.8 Å². The fourth-order valence-corrected chi connectivity index (χ4v) is 2.70. The van der Waals surface area contributed by atoms with Gasteiger partial charge in [0.2, 0.25) is 10.0 Å². The highest BCUT2D eigenvalue weighted by Gasteiger charge is 2.08. The highest BCUT2D eigenvalue weighted by molar-refractivity contribution is 7.89. The number of hydrogen-bond donors (Lipinski definition) is 2. The highest BCUT2D eigenvalue weighted by Crippen LogP contribution is 2.05. The van der Waals surface area contributed by atoms with Crippen molar-refractivity contribution in [3.05, 3.63) is 35.4 Å². The lowest BCUT2D eigenvalue weighted by molar-refractivity contribution is 0.350. The van der Waals surface area contributed by atoms with E-state index in [2.05, 4.69) is 16.6 Å². The van der Waals surface area contributed by atoms with E-state index < -0.39 is 10.0 Å². The lowest BCUT2D eigenvalue weighted by Crippen LogP contribution is -2.25. The summed E-state index contributed by atoms with van der Waals surface area (Å²) in [7, 11) is -3.20. The van der Waals surface area contributed by atoms with Gasteiger partial charge in [-0.15, -0.1) is 0 Å². The number of hydrogen-bond acceptors (Lipinski definition) is 3. The third kappa shape index (κ3) is 6.39. The molecular formula is C14H19NO3S. The molecule has 0 saturated carbocycles. The number of nitrogens with one attached hydrogen (secondary N) is 1. The van der Waals surface area contributed by atoms with Crippen LogP contribution in [0.2, 0.25) is 0 Å². The summed E-state index contributed by atoms with van der Waals surface area (Å²) in [4.78, 5) is 0. The Bertz CT molecular complexity index is 556. The second kappa shape index (κ2) is 7.95. The Balaban J connectivity index is 2.63. The second-order valence-corrected chi connectivity index (χ2v) is 6.08. The first-order chi connectivity index (χ1) is 9.07. The Hall–Kier alpha value is -1.35. The van der Waals surface area contributed by atoms with Crippen LogP contribution >= 0.6 is 0 Å². The maximum absolute atomic E-state index is 11.6. The van der Waals surface area contributed by atoms with Crippen molar-refractivity contribution in [2.75, 3.05) is 12.4 Å². The molecule has 1 aromatic rings. The summed E-state index contributed by atoms with van der Waals surface area (Å²) in [5.74, 6) is 5.51. The van der Waals surface area contributed by atoms with Crippen LogP contribution in [0.15, 0.2) is 24.3 Å². The van der Waals surface area contributed by atoms with Gasteiger partial charge in [-0.2, -0.15) is 0 Å². The molecule has 0 heterocycles. The van der Waals surface area contributed by atoms with Crippen molar-refractivity contribution in [1.29, 1.82) is 0 Å². The zero-order chi connectivity index (χ0) is 14.1. The minimum atomic E-state index is -3.20. The van der Waals surface area contributed by atoms with Gasteiger partial charge in [0.25, 0.3) is 0 Å². The molecule has 19 heavy (non-hydrogen) atoms. The third-order valence-electron chi connectivity index (χ3n) is 2.50. The molecule has 0 amide bonds. The van der Waals surface area contributed by atoms with Gasteiger partial charge in [-0.1, -0.05) is 37.3 Å². The number of aliphatic hydroxyl groups excluding tert-OH is 1. The van der Waals surface area contributed by atoms with Crippen molar-refractivity contribution in [1.82, 2.24) is 4.72 Å². The molecule has 0 aliphatic carbocycles. The Morgan fingerprint density at radius 3 is 2.84 bits per heavy atom. The number of sulfonamides is 1. The van der Waals surface area contributed by atoms with E-state index in [-0.39, 0.29) is 18.9 Å². The first-order valence-electron chi connectivity index (χ1n) is 6.23. The molecule has 0 saturated heterocycles. The van der Waals surface area contributed by atoms with Crippen LogP contribution in [0.5, 0.6) is 0 Å². The van der Waals surface area contributed by atoms with E-state index in [0.717, 1.165) is 17.5 Å². The van der Waals surface area contributed by atoms with Crippen molar-refractivity contribution in [2.24, 2.45) is 0 Å². The summed E-state index contributed by atoms with van der Waals surface area (Å²) in [5.41, 5.74) is 1.61. The average molecular weight is 281 g/mol. The van der Waals surface area contributed by atoms with Crippen LogP contribution in [0.4, 0.5) is 0 Å². The first-order valence-corrected chi connectivity index (χ1v) is 7.88. The Morgan fingerprint density at radius 1 is 1.37 bits per heavy atom. The van der Waals surface area contributed by atoms with E-state index in [1.807, 2.05) is 31.2 Å². The fourth-order valence-electron chi connectivity index (χ4n) is 1.50. The molecule has 1 rings (SSSR count). The summed E-state index contributed by atoms with van der Waals surface area (Å²) in [5, 5.41) is 8.62. The van der Waals surface area contributed by atoms with Gasteiger partial charge in [0.15, 0.2) is 0 Å². The largest absolute Gasteiger partial charge is 0.384 e. The molecule has 0 atom stereocenters. The minimum absolute atomic E-state index is 0.160. The van der Waals surface area contributed by atoms with E-state index in [9.17, 15) is 8.42 Å². The van der Waals surface area contributed by atoms with Crippen molar-refractivity contribution in [3.8, 4) is 11.8 Å². The summed E-state index contributed by atoms with van der Waals surface area (Å²) in [6.07, 6.45) is 1.52. The quantitative estimate of drug-likeness (QED) is 0.771. The summed E-state index contributed by atoms with van der Waals surface area (Å²) >= 11 is 0. The maximum Gasteiger partial charge on any atom is 0.211 e. The highest BCUT2D eigenvalue weighted by atomic mass is 32.2. The van der Waals surface area contributed by atoms with Gasteiger partial charge in [-0.05, 0) is 24.1 Å². The molecule has 0 aromatic heterocycles. The topological polar surface area (TPSA) is 66.4 Å². The summed E-state index contributed by atoms with van der Waals surface area (Å²) in [6.45, 7) is 2.04. The van der Waals surface area contributed by atoms with Gasteiger partial charge in [-0.25, -0.2) is 13.1 Å². The van der Waals surface area contributed by atoms with Crippen LogP contribution in [0.25, 0.3) is 0 Å². The van der Waals surface area contributed by atoms with Crippen LogP contribution in [0.1, 0.15) is 30.9 Å². The van der Waals surface area contributed by atoms with E-state index in [0.29, 0.717) is 6.42 Å². The third-order valence-corrected chi connectivity index (χ3v) is 3.91. The standard InChI is InChI=1S/C14H19NO3S/c1-2-3-10-19(17,18)15-12-14-7-4-6-13(11-14)8-5-9-16/h4,6-7,11,15-16H,2-3,9-10,12H2,1H3. The molecule has 0 spiro atoms. The second-order valence-electron chi connectivity index (χ2n) is 4.15. The molecule has 2 N–H and O–H groups in total. The van der Waals surface area contributed by atoms with E-state index in [4.69, 9.17) is 5.11 Å². The lowest BCUT2D eigenvalue weighted by Gasteiger charge is -2.06. The molecule has 104 valence electrons. The molecule has 4 nitrogen and oxygen atoms in total. The zero-order valence-corrected chi connectivity index (χ0v) is 11.8. The van der Waals surface area contributed by atoms with Gasteiger partial charge in [0.1, 0.15) is 6.61 Å². The molecule has 0 aliphatic heterocycles. The van der Waals surface area contributed by atoms with E-state index in [1.54, 1.807) is 0 Å². The molecule has 0 fully saturated rings. The van der Waals surface area contributed by atoms with Gasteiger partial charge in [0, 0.05) is 12.1 Å². The number of benzene rings is 1. The van der Waals surface area contributed by atoms with Crippen LogP contribution in [-0.2, 0) is 16.6 Å². The van der Waals surface area contributed by atoms with Gasteiger partial charge in [-0.3, -0.25) is 0 Å². The van der Waals surface area contributed by atoms with Crippen molar-refractivity contribution >= 4 is 10.0 Å². The Kier molecular flexibility index (Phi) is 6.57. The maximum atomic E-state index is 11.6. The summed E-state index contributed by atoms with van der Waals surface area (Å²) in [6, 6.07) is 7.28. The number of aliphatic hydroxyl groups is 1. The average Bonchev–Trinajstić information content (AvgIpc) is 2.41. The zero-order valence-electron chi connectivity index (χ0n) is 11.0.